The van der Waals surface area contributed by atoms with Gasteiger partial charge in [0.1, 0.15) is 0 Å². The van der Waals surface area contributed by atoms with Crippen LogP contribution in [-0.4, -0.2) is 41.3 Å². The van der Waals surface area contributed by atoms with E-state index in [0.29, 0.717) is 0 Å². The summed E-state index contributed by atoms with van der Waals surface area (Å²) in [6.45, 7) is 13.6. The van der Waals surface area contributed by atoms with Crippen LogP contribution >= 0.6 is 0 Å². The Morgan fingerprint density at radius 2 is 1.27 bits per heavy atom. The van der Waals surface area contributed by atoms with Crippen molar-refractivity contribution < 1.29 is 18.3 Å². The Hall–Kier alpha value is 0.0569. The minimum absolute atomic E-state index is 0.0698. The van der Waals surface area contributed by atoms with Crippen molar-refractivity contribution in [3.8, 4) is 0 Å². The average molecular weight is 335 g/mol. The molecule has 0 amide bonds. The first-order valence-corrected chi connectivity index (χ1v) is 11.6. The monoisotopic (exact) mass is 334 g/mol. The van der Waals surface area contributed by atoms with Crippen LogP contribution < -0.4 is 0 Å². The van der Waals surface area contributed by atoms with Gasteiger partial charge in [-0.2, -0.15) is 0 Å². The summed E-state index contributed by atoms with van der Waals surface area (Å²) < 4.78 is 23.5. The molecule has 0 unspecified atom stereocenters. The smallest absolute Gasteiger partial charge is 0.334 e. The number of ether oxygens (including phenoxy) is 2. The quantitative estimate of drug-likeness (QED) is 0.229. The molecule has 5 heteroatoms. The molecule has 0 N–H and O–H groups in total. The van der Waals surface area contributed by atoms with E-state index < -0.39 is 8.56 Å². The van der Waals surface area contributed by atoms with Gasteiger partial charge in [-0.15, -0.1) is 0 Å². The molecule has 0 spiro atoms. The number of hydrogen-bond acceptors (Lipinski definition) is 4. The molecule has 0 aliphatic heterocycles. The SMILES string of the molecule is CCCCOC(CCC[Si](C)(OCC)OCC)OCCCC. The first-order chi connectivity index (χ1) is 10.6. The molecule has 0 saturated carbocycles. The summed E-state index contributed by atoms with van der Waals surface area (Å²) in [5, 5.41) is 0. The number of unbranched alkanes of at least 4 members (excludes halogenated alkanes) is 2. The van der Waals surface area contributed by atoms with E-state index >= 15 is 0 Å². The fourth-order valence-corrected chi connectivity index (χ4v) is 4.76. The molecule has 0 fully saturated rings. The van der Waals surface area contributed by atoms with Crippen LogP contribution in [0.3, 0.4) is 0 Å². The maximum atomic E-state index is 5.88. The van der Waals surface area contributed by atoms with E-state index in [0.717, 1.165) is 71.0 Å². The third-order valence-electron chi connectivity index (χ3n) is 3.57. The molecule has 0 atom stereocenters. The second kappa shape index (κ2) is 14.6. The molecule has 0 saturated heterocycles. The van der Waals surface area contributed by atoms with E-state index in [1.807, 2.05) is 13.8 Å². The summed E-state index contributed by atoms with van der Waals surface area (Å²) in [6.07, 6.45) is 6.39. The van der Waals surface area contributed by atoms with Gasteiger partial charge in [-0.05, 0) is 52.1 Å². The zero-order valence-electron chi connectivity index (χ0n) is 15.5. The number of hydrogen-bond donors (Lipinski definition) is 0. The molecule has 0 aliphatic rings. The largest absolute Gasteiger partial charge is 0.395 e. The van der Waals surface area contributed by atoms with Gasteiger partial charge in [0.15, 0.2) is 6.29 Å². The van der Waals surface area contributed by atoms with E-state index in [4.69, 9.17) is 18.3 Å². The van der Waals surface area contributed by atoms with Crippen molar-refractivity contribution in [2.24, 2.45) is 0 Å². The van der Waals surface area contributed by atoms with Crippen LogP contribution in [0.1, 0.15) is 66.2 Å². The maximum absolute atomic E-state index is 5.88. The van der Waals surface area contributed by atoms with E-state index in [1.165, 1.54) is 0 Å². The van der Waals surface area contributed by atoms with Gasteiger partial charge in [-0.1, -0.05) is 26.7 Å². The summed E-state index contributed by atoms with van der Waals surface area (Å²) in [7, 11) is -2.00. The lowest BCUT2D eigenvalue weighted by atomic mass is 10.3. The second-order valence-corrected chi connectivity index (χ2v) is 9.12. The zero-order chi connectivity index (χ0) is 16.7. The Kier molecular flexibility index (Phi) is 14.7. The van der Waals surface area contributed by atoms with Crippen LogP contribution in [0, 0.1) is 0 Å². The van der Waals surface area contributed by atoms with Crippen molar-refractivity contribution in [2.45, 2.75) is 85.1 Å². The van der Waals surface area contributed by atoms with Crippen molar-refractivity contribution >= 4 is 8.56 Å². The third-order valence-corrected chi connectivity index (χ3v) is 6.63. The molecule has 0 rings (SSSR count). The highest BCUT2D eigenvalue weighted by molar-refractivity contribution is 6.66. The fourth-order valence-electron chi connectivity index (χ4n) is 2.32. The van der Waals surface area contributed by atoms with Gasteiger partial charge >= 0.3 is 8.56 Å². The first-order valence-electron chi connectivity index (χ1n) is 9.12. The van der Waals surface area contributed by atoms with Crippen LogP contribution in [0.4, 0.5) is 0 Å². The Labute approximate surface area is 139 Å². The summed E-state index contributed by atoms with van der Waals surface area (Å²) in [5.41, 5.74) is 0. The minimum atomic E-state index is -2.00. The maximum Gasteiger partial charge on any atom is 0.334 e. The Bertz CT molecular complexity index is 223. The molecule has 0 aromatic rings. The van der Waals surface area contributed by atoms with E-state index in [-0.39, 0.29) is 6.29 Å². The van der Waals surface area contributed by atoms with Crippen molar-refractivity contribution in [3.05, 3.63) is 0 Å². The summed E-state index contributed by atoms with van der Waals surface area (Å²) >= 11 is 0. The highest BCUT2D eigenvalue weighted by Crippen LogP contribution is 2.19. The van der Waals surface area contributed by atoms with Crippen molar-refractivity contribution in [1.29, 1.82) is 0 Å². The van der Waals surface area contributed by atoms with Crippen molar-refractivity contribution in [1.82, 2.24) is 0 Å². The molecule has 0 radical (unpaired) electrons. The third kappa shape index (κ3) is 11.6. The lowest BCUT2D eigenvalue weighted by molar-refractivity contribution is -0.147. The molecular weight excluding hydrogens is 296 g/mol. The predicted octanol–water partition coefficient (Wildman–Crippen LogP) is 4.87. The van der Waals surface area contributed by atoms with E-state index in [1.54, 1.807) is 0 Å². The van der Waals surface area contributed by atoms with Crippen LogP contribution in [0.5, 0.6) is 0 Å². The van der Waals surface area contributed by atoms with Crippen molar-refractivity contribution in [3.63, 3.8) is 0 Å². The predicted molar refractivity (Wildman–Crippen MR) is 94.4 cm³/mol. The zero-order valence-corrected chi connectivity index (χ0v) is 16.5. The Morgan fingerprint density at radius 1 is 0.773 bits per heavy atom. The Morgan fingerprint density at radius 3 is 1.68 bits per heavy atom. The summed E-state index contributed by atoms with van der Waals surface area (Å²) in [4.78, 5) is 0. The molecule has 0 aromatic heterocycles. The van der Waals surface area contributed by atoms with Crippen LogP contribution in [0.25, 0.3) is 0 Å². The summed E-state index contributed by atoms with van der Waals surface area (Å²) in [6, 6.07) is 0.999. The molecule has 0 aromatic carbocycles. The summed E-state index contributed by atoms with van der Waals surface area (Å²) in [5.74, 6) is 0. The van der Waals surface area contributed by atoms with Crippen LogP contribution in [-0.2, 0) is 18.3 Å². The lowest BCUT2D eigenvalue weighted by Crippen LogP contribution is -2.38. The van der Waals surface area contributed by atoms with Crippen molar-refractivity contribution in [2.75, 3.05) is 26.4 Å². The lowest BCUT2D eigenvalue weighted by Gasteiger charge is -2.27. The number of rotatable bonds is 16. The second-order valence-electron chi connectivity index (χ2n) is 5.77. The molecule has 0 aliphatic carbocycles. The Balaban J connectivity index is 4.15. The molecule has 22 heavy (non-hydrogen) atoms. The average Bonchev–Trinajstić information content (AvgIpc) is 2.47. The van der Waals surface area contributed by atoms with Gasteiger partial charge < -0.3 is 18.3 Å². The van der Waals surface area contributed by atoms with E-state index in [9.17, 15) is 0 Å². The van der Waals surface area contributed by atoms with Gasteiger partial charge in [0.25, 0.3) is 0 Å². The molecule has 0 bridgehead atoms. The molecular formula is C17H38O4Si. The normalized spacial score (nSPS) is 12.3. The first kappa shape index (κ1) is 22.1. The van der Waals surface area contributed by atoms with Gasteiger partial charge in [-0.25, -0.2) is 0 Å². The standard InChI is InChI=1S/C17H38O4Si/c1-6-10-14-18-17(19-15-11-7-2)13-12-16-22(5,20-8-3)21-9-4/h17H,6-16H2,1-5H3. The van der Waals surface area contributed by atoms with Gasteiger partial charge in [0, 0.05) is 26.4 Å². The van der Waals surface area contributed by atoms with Crippen LogP contribution in [0.15, 0.2) is 0 Å². The molecule has 134 valence electrons. The highest BCUT2D eigenvalue weighted by atomic mass is 28.4. The van der Waals surface area contributed by atoms with E-state index in [2.05, 4.69) is 20.4 Å². The molecule has 4 nitrogen and oxygen atoms in total. The highest BCUT2D eigenvalue weighted by Gasteiger charge is 2.30. The topological polar surface area (TPSA) is 36.9 Å². The molecule has 0 heterocycles. The van der Waals surface area contributed by atoms with Crippen LogP contribution in [0.2, 0.25) is 12.6 Å². The van der Waals surface area contributed by atoms with Gasteiger partial charge in [0.05, 0.1) is 0 Å². The fraction of sp³-hybridized carbons (Fsp3) is 1.00. The van der Waals surface area contributed by atoms with Gasteiger partial charge in [0.2, 0.25) is 0 Å². The minimum Gasteiger partial charge on any atom is -0.395 e. The van der Waals surface area contributed by atoms with Gasteiger partial charge in [-0.3, -0.25) is 0 Å².